The van der Waals surface area contributed by atoms with Crippen molar-refractivity contribution in [2.24, 2.45) is 0 Å². The van der Waals surface area contributed by atoms with E-state index in [0.717, 1.165) is 25.4 Å². The lowest BCUT2D eigenvalue weighted by Gasteiger charge is -2.08. The first kappa shape index (κ1) is 14.3. The second-order valence-corrected chi connectivity index (χ2v) is 6.41. The summed E-state index contributed by atoms with van der Waals surface area (Å²) in [7, 11) is 0. The van der Waals surface area contributed by atoms with E-state index in [-0.39, 0.29) is 5.91 Å². The number of hydrogen-bond donors (Lipinski definition) is 1. The van der Waals surface area contributed by atoms with Crippen LogP contribution in [0.2, 0.25) is 0 Å². The largest absolute Gasteiger partial charge is 0.321 e. The molecule has 1 amide bonds. The number of para-hydroxylation sites is 1. The van der Waals surface area contributed by atoms with E-state index in [1.165, 1.54) is 0 Å². The van der Waals surface area contributed by atoms with E-state index in [4.69, 9.17) is 0 Å². The minimum atomic E-state index is -0.119. The van der Waals surface area contributed by atoms with E-state index in [1.807, 2.05) is 60.7 Å². The Bertz CT molecular complexity index is 830. The minimum absolute atomic E-state index is 0.119. The molecule has 0 saturated heterocycles. The van der Waals surface area contributed by atoms with E-state index in [9.17, 15) is 4.79 Å². The monoisotopic (exact) mass is 403 g/mol. The summed E-state index contributed by atoms with van der Waals surface area (Å²) in [5, 5.41) is 5.05. The van der Waals surface area contributed by atoms with Crippen LogP contribution in [0.3, 0.4) is 0 Å². The summed E-state index contributed by atoms with van der Waals surface area (Å²) in [6.07, 6.45) is 0. The van der Waals surface area contributed by atoms with Gasteiger partial charge in [0.1, 0.15) is 0 Å². The molecule has 0 bridgehead atoms. The number of halogens is 2. The maximum absolute atomic E-state index is 12.3. The van der Waals surface area contributed by atoms with Crippen LogP contribution in [0.5, 0.6) is 0 Å². The minimum Gasteiger partial charge on any atom is -0.321 e. The quantitative estimate of drug-likeness (QED) is 0.590. The summed E-state index contributed by atoms with van der Waals surface area (Å²) >= 11 is 6.87. The van der Waals surface area contributed by atoms with E-state index < -0.39 is 0 Å². The summed E-state index contributed by atoms with van der Waals surface area (Å²) in [6.45, 7) is 0. The third-order valence-electron chi connectivity index (χ3n) is 3.19. The highest BCUT2D eigenvalue weighted by Crippen LogP contribution is 2.24. The van der Waals surface area contributed by atoms with Crippen molar-refractivity contribution in [1.82, 2.24) is 0 Å². The molecule has 0 aliphatic rings. The number of anilines is 1. The van der Waals surface area contributed by atoms with Gasteiger partial charge in [0.15, 0.2) is 0 Å². The van der Waals surface area contributed by atoms with Crippen LogP contribution in [0.4, 0.5) is 5.69 Å². The Labute approximate surface area is 139 Å². The highest BCUT2D eigenvalue weighted by molar-refractivity contribution is 9.10. The van der Waals surface area contributed by atoms with Gasteiger partial charge in [-0.25, -0.2) is 0 Å². The summed E-state index contributed by atoms with van der Waals surface area (Å²) in [5.41, 5.74) is 1.40. The number of carbonyl (C=O) groups is 1. The summed E-state index contributed by atoms with van der Waals surface area (Å²) in [5.74, 6) is -0.119. The molecule has 0 atom stereocenters. The van der Waals surface area contributed by atoms with Crippen molar-refractivity contribution in [3.63, 3.8) is 0 Å². The fraction of sp³-hybridized carbons (Fsp3) is 0. The van der Waals surface area contributed by atoms with Crippen molar-refractivity contribution in [1.29, 1.82) is 0 Å². The Balaban J connectivity index is 1.91. The molecule has 1 N–H and O–H groups in total. The average Bonchev–Trinajstić information content (AvgIpc) is 2.49. The molecule has 104 valence electrons. The van der Waals surface area contributed by atoms with Gasteiger partial charge in [-0.2, -0.15) is 0 Å². The molecular formula is C17H11Br2NO. The van der Waals surface area contributed by atoms with Crippen LogP contribution in [0.15, 0.2) is 69.6 Å². The third kappa shape index (κ3) is 3.17. The molecule has 0 aromatic heterocycles. The summed E-state index contributed by atoms with van der Waals surface area (Å²) < 4.78 is 1.89. The smallest absolute Gasteiger partial charge is 0.255 e. The molecule has 3 rings (SSSR count). The second-order valence-electron chi connectivity index (χ2n) is 4.64. The molecule has 0 saturated carbocycles. The molecule has 2 nitrogen and oxygen atoms in total. The van der Waals surface area contributed by atoms with E-state index in [2.05, 4.69) is 37.2 Å². The van der Waals surface area contributed by atoms with Crippen molar-refractivity contribution in [3.8, 4) is 0 Å². The molecule has 0 fully saturated rings. The predicted molar refractivity (Wildman–Crippen MR) is 93.7 cm³/mol. The number of fused-ring (bicyclic) bond motifs is 1. The van der Waals surface area contributed by atoms with Crippen LogP contribution in [-0.2, 0) is 0 Å². The first-order valence-electron chi connectivity index (χ1n) is 6.39. The third-order valence-corrected chi connectivity index (χ3v) is 4.37. The lowest BCUT2D eigenvalue weighted by Crippen LogP contribution is -2.12. The van der Waals surface area contributed by atoms with Crippen LogP contribution in [-0.4, -0.2) is 5.91 Å². The van der Waals surface area contributed by atoms with Gasteiger partial charge < -0.3 is 5.32 Å². The SMILES string of the molecule is O=C(Nc1ccccc1Br)c1ccc2cc(Br)ccc2c1. The standard InChI is InChI=1S/C17H11Br2NO/c18-14-8-7-11-9-13(6-5-12(11)10-14)17(21)20-16-4-2-1-3-15(16)19/h1-10H,(H,20,21). The van der Waals surface area contributed by atoms with Crippen molar-refractivity contribution in [2.45, 2.75) is 0 Å². The zero-order valence-corrected chi connectivity index (χ0v) is 14.1. The van der Waals surface area contributed by atoms with Gasteiger partial charge in [0.2, 0.25) is 0 Å². The van der Waals surface area contributed by atoms with Crippen LogP contribution >= 0.6 is 31.9 Å². The molecule has 0 heterocycles. The maximum atomic E-state index is 12.3. The lowest BCUT2D eigenvalue weighted by molar-refractivity contribution is 0.102. The topological polar surface area (TPSA) is 29.1 Å². The Kier molecular flexibility index (Phi) is 4.08. The molecule has 0 aliphatic heterocycles. The Morgan fingerprint density at radius 2 is 1.57 bits per heavy atom. The lowest BCUT2D eigenvalue weighted by atomic mass is 10.1. The zero-order chi connectivity index (χ0) is 14.8. The number of carbonyl (C=O) groups excluding carboxylic acids is 1. The van der Waals surface area contributed by atoms with Crippen molar-refractivity contribution < 1.29 is 4.79 Å². The van der Waals surface area contributed by atoms with Gasteiger partial charge in [-0.3, -0.25) is 4.79 Å². The fourth-order valence-corrected chi connectivity index (χ4v) is 2.88. The van der Waals surface area contributed by atoms with Gasteiger partial charge in [-0.1, -0.05) is 40.2 Å². The molecule has 0 aliphatic carbocycles. The highest BCUT2D eigenvalue weighted by Gasteiger charge is 2.08. The Hall–Kier alpha value is -1.65. The molecule has 0 radical (unpaired) electrons. The predicted octanol–water partition coefficient (Wildman–Crippen LogP) is 5.62. The van der Waals surface area contributed by atoms with Crippen molar-refractivity contribution >= 4 is 54.2 Å². The average molecular weight is 405 g/mol. The first-order valence-corrected chi connectivity index (χ1v) is 7.97. The normalized spacial score (nSPS) is 10.6. The van der Waals surface area contributed by atoms with E-state index >= 15 is 0 Å². The fourth-order valence-electron chi connectivity index (χ4n) is 2.11. The van der Waals surface area contributed by atoms with E-state index in [1.54, 1.807) is 0 Å². The maximum Gasteiger partial charge on any atom is 0.255 e. The number of amides is 1. The Morgan fingerprint density at radius 1 is 0.857 bits per heavy atom. The van der Waals surface area contributed by atoms with Crippen LogP contribution in [0, 0.1) is 0 Å². The Morgan fingerprint density at radius 3 is 2.38 bits per heavy atom. The molecule has 3 aromatic carbocycles. The van der Waals surface area contributed by atoms with Gasteiger partial charge in [-0.05, 0) is 63.1 Å². The second kappa shape index (κ2) is 6.00. The van der Waals surface area contributed by atoms with Crippen molar-refractivity contribution in [2.75, 3.05) is 5.32 Å². The summed E-state index contributed by atoms with van der Waals surface area (Å²) in [4.78, 5) is 12.3. The van der Waals surface area contributed by atoms with Crippen LogP contribution in [0.25, 0.3) is 10.8 Å². The molecule has 21 heavy (non-hydrogen) atoms. The zero-order valence-electron chi connectivity index (χ0n) is 10.9. The van der Waals surface area contributed by atoms with Gasteiger partial charge in [0.05, 0.1) is 5.69 Å². The first-order chi connectivity index (χ1) is 10.1. The molecule has 0 unspecified atom stereocenters. The van der Waals surface area contributed by atoms with Crippen molar-refractivity contribution in [3.05, 3.63) is 75.2 Å². The number of rotatable bonds is 2. The van der Waals surface area contributed by atoms with Gasteiger partial charge in [0.25, 0.3) is 5.91 Å². The van der Waals surface area contributed by atoms with Gasteiger partial charge in [0, 0.05) is 14.5 Å². The summed E-state index contributed by atoms with van der Waals surface area (Å²) in [6, 6.07) is 19.2. The number of nitrogens with one attached hydrogen (secondary N) is 1. The molecule has 0 spiro atoms. The molecule has 3 aromatic rings. The molecular weight excluding hydrogens is 394 g/mol. The van der Waals surface area contributed by atoms with Crippen LogP contribution in [0.1, 0.15) is 10.4 Å². The van der Waals surface area contributed by atoms with Gasteiger partial charge >= 0.3 is 0 Å². The number of hydrogen-bond acceptors (Lipinski definition) is 1. The van der Waals surface area contributed by atoms with Gasteiger partial charge in [-0.15, -0.1) is 0 Å². The van der Waals surface area contributed by atoms with E-state index in [0.29, 0.717) is 5.56 Å². The molecule has 4 heteroatoms. The number of benzene rings is 3. The van der Waals surface area contributed by atoms with Crippen LogP contribution < -0.4 is 5.32 Å². The highest BCUT2D eigenvalue weighted by atomic mass is 79.9.